The number of allylic oxidation sites excluding steroid dienone is 3. The number of carbonyl (C=O) groups excluding carboxylic acids is 2. The van der Waals surface area contributed by atoms with Crippen LogP contribution in [0.4, 0.5) is 0 Å². The molecule has 7 unspecified atom stereocenters. The molecule has 1 heterocycles. The molecule has 0 aromatic carbocycles. The molecule has 11 heteroatoms. The van der Waals surface area contributed by atoms with E-state index >= 15 is 0 Å². The minimum atomic E-state index is -1.58. The number of ether oxygens (including phenoxy) is 3. The van der Waals surface area contributed by atoms with Crippen LogP contribution in [0.15, 0.2) is 24.3 Å². The minimum Gasteiger partial charge on any atom is -0.466 e. The molecule has 1 saturated heterocycles. The number of carbonyl (C=O) groups is 2. The van der Waals surface area contributed by atoms with E-state index in [1.165, 1.54) is 161 Å². The first kappa shape index (κ1) is 63.2. The molecule has 394 valence electrons. The third-order valence-corrected chi connectivity index (χ3v) is 13.3. The zero-order chi connectivity index (χ0) is 48.8. The lowest BCUT2D eigenvalue weighted by atomic mass is 9.99. The number of nitrogens with one attached hydrogen (secondary N) is 1. The molecule has 67 heavy (non-hydrogen) atoms. The van der Waals surface area contributed by atoms with E-state index in [4.69, 9.17) is 14.2 Å². The molecule has 1 aliphatic rings. The average molecular weight is 952 g/mol. The highest BCUT2D eigenvalue weighted by Crippen LogP contribution is 2.23. The molecule has 0 bridgehead atoms. The molecule has 1 aliphatic heterocycles. The Hall–Kier alpha value is -1.86. The molecule has 1 amide bonds. The van der Waals surface area contributed by atoms with Crippen molar-refractivity contribution in [2.45, 2.75) is 301 Å². The Kier molecular flexibility index (Phi) is 43.8. The van der Waals surface area contributed by atoms with Crippen molar-refractivity contribution in [2.24, 2.45) is 0 Å². The molecule has 11 nitrogen and oxygen atoms in total. The predicted molar refractivity (Wildman–Crippen MR) is 274 cm³/mol. The lowest BCUT2D eigenvalue weighted by molar-refractivity contribution is -0.302. The second-order valence-corrected chi connectivity index (χ2v) is 19.6. The van der Waals surface area contributed by atoms with Crippen molar-refractivity contribution in [1.29, 1.82) is 0 Å². The summed E-state index contributed by atoms with van der Waals surface area (Å²) >= 11 is 0. The van der Waals surface area contributed by atoms with Gasteiger partial charge in [-0.2, -0.15) is 0 Å². The van der Waals surface area contributed by atoms with E-state index in [9.17, 15) is 35.1 Å². The number of esters is 1. The highest BCUT2D eigenvalue weighted by atomic mass is 16.7. The molecule has 7 atom stereocenters. The maximum atomic E-state index is 13.0. The summed E-state index contributed by atoms with van der Waals surface area (Å²) in [6, 6.07) is -0.822. The second-order valence-electron chi connectivity index (χ2n) is 19.6. The van der Waals surface area contributed by atoms with Crippen LogP contribution in [0.25, 0.3) is 0 Å². The van der Waals surface area contributed by atoms with Crippen LogP contribution in [-0.4, -0.2) is 100 Å². The van der Waals surface area contributed by atoms with Gasteiger partial charge in [-0.25, -0.2) is 0 Å². The third-order valence-electron chi connectivity index (χ3n) is 13.3. The van der Waals surface area contributed by atoms with Gasteiger partial charge in [0.05, 0.1) is 32.0 Å². The highest BCUT2D eigenvalue weighted by molar-refractivity contribution is 5.76. The first-order valence-corrected chi connectivity index (χ1v) is 28.1. The van der Waals surface area contributed by atoms with Crippen LogP contribution in [0, 0.1) is 0 Å². The normalized spacial score (nSPS) is 19.7. The Morgan fingerprint density at radius 3 is 1.43 bits per heavy atom. The predicted octanol–water partition coefficient (Wildman–Crippen LogP) is 12.2. The molecule has 0 spiro atoms. The fraction of sp³-hybridized carbons (Fsp3) is 0.893. The van der Waals surface area contributed by atoms with Gasteiger partial charge >= 0.3 is 5.97 Å². The van der Waals surface area contributed by atoms with Gasteiger partial charge in [-0.1, -0.05) is 212 Å². The lowest BCUT2D eigenvalue weighted by Gasteiger charge is -2.40. The quantitative estimate of drug-likeness (QED) is 0.0196. The van der Waals surface area contributed by atoms with Gasteiger partial charge in [-0.3, -0.25) is 9.59 Å². The molecule has 0 saturated carbocycles. The summed E-state index contributed by atoms with van der Waals surface area (Å²) in [5.41, 5.74) is 0. The Labute approximate surface area is 410 Å². The van der Waals surface area contributed by atoms with Gasteiger partial charge in [-0.05, 0) is 57.8 Å². The number of unbranched alkanes of at least 4 members (excludes halogenated alkanes) is 32. The molecule has 0 aromatic rings. The van der Waals surface area contributed by atoms with Crippen LogP contribution in [0.5, 0.6) is 0 Å². The smallest absolute Gasteiger partial charge is 0.305 e. The number of amides is 1. The third kappa shape index (κ3) is 36.7. The van der Waals surface area contributed by atoms with Crippen LogP contribution in [0.2, 0.25) is 0 Å². The van der Waals surface area contributed by atoms with Crippen LogP contribution >= 0.6 is 0 Å². The van der Waals surface area contributed by atoms with Crippen molar-refractivity contribution in [1.82, 2.24) is 5.32 Å². The van der Waals surface area contributed by atoms with E-state index in [0.717, 1.165) is 70.6 Å². The molecule has 1 fully saturated rings. The Bertz CT molecular complexity index is 1170. The zero-order valence-corrected chi connectivity index (χ0v) is 43.1. The summed E-state index contributed by atoms with van der Waals surface area (Å²) in [6.45, 7) is 4.24. The fourth-order valence-corrected chi connectivity index (χ4v) is 8.78. The molecule has 0 radical (unpaired) electrons. The van der Waals surface area contributed by atoms with Gasteiger partial charge in [0.1, 0.15) is 24.4 Å². The van der Waals surface area contributed by atoms with Gasteiger partial charge < -0.3 is 45.1 Å². The minimum absolute atomic E-state index is 0.0404. The Morgan fingerprint density at radius 1 is 0.537 bits per heavy atom. The van der Waals surface area contributed by atoms with Gasteiger partial charge in [-0.15, -0.1) is 0 Å². The van der Waals surface area contributed by atoms with Crippen LogP contribution in [0.1, 0.15) is 258 Å². The van der Waals surface area contributed by atoms with E-state index in [2.05, 4.69) is 31.3 Å². The number of hydrogen-bond acceptors (Lipinski definition) is 10. The first-order valence-electron chi connectivity index (χ1n) is 28.1. The summed E-state index contributed by atoms with van der Waals surface area (Å²) in [4.78, 5) is 25.1. The van der Waals surface area contributed by atoms with Crippen molar-refractivity contribution in [3.8, 4) is 0 Å². The molecular formula is C56H105NO10. The summed E-state index contributed by atoms with van der Waals surface area (Å²) in [6.07, 6.45) is 44.1. The van der Waals surface area contributed by atoms with Gasteiger partial charge in [0.2, 0.25) is 5.91 Å². The standard InChI is InChI=1S/C56H105NO10/c1-3-5-7-9-11-13-14-15-16-17-18-19-20-21-24-28-32-36-40-44-52(61)65-45-41-37-33-29-25-22-23-27-31-35-39-43-51(60)57-48(49(59)42-38-34-30-26-12-10-8-6-4-2)47-66-56-55(64)54(63)53(62)50(46-58)67-56/h15-16,38,42,48-50,53-56,58-59,62-64H,3-14,17-37,39-41,43-47H2,1-2H3,(H,57,60)/b16-15-,42-38+. The van der Waals surface area contributed by atoms with E-state index < -0.39 is 49.5 Å². The number of aliphatic hydroxyl groups is 5. The first-order chi connectivity index (χ1) is 32.7. The lowest BCUT2D eigenvalue weighted by Crippen LogP contribution is -2.60. The fourth-order valence-electron chi connectivity index (χ4n) is 8.78. The largest absolute Gasteiger partial charge is 0.466 e. The SMILES string of the molecule is CCCCCCCC/C=C\CCCCCCCCCCCC(=O)OCCCCCCCCCCCCCC(=O)NC(COC1OC(CO)C(O)C(O)C1O)C(O)/C=C/CCCCCCCCC. The summed E-state index contributed by atoms with van der Waals surface area (Å²) < 4.78 is 16.7. The molecule has 1 rings (SSSR count). The maximum absolute atomic E-state index is 13.0. The Balaban J connectivity index is 2.07. The summed E-state index contributed by atoms with van der Waals surface area (Å²) in [5, 5.41) is 54.1. The molecule has 6 N–H and O–H groups in total. The highest BCUT2D eigenvalue weighted by Gasteiger charge is 2.44. The van der Waals surface area contributed by atoms with E-state index in [-0.39, 0.29) is 18.5 Å². The molecular weight excluding hydrogens is 847 g/mol. The average Bonchev–Trinajstić information content (AvgIpc) is 3.32. The number of aliphatic hydroxyl groups excluding tert-OH is 5. The van der Waals surface area contributed by atoms with Crippen molar-refractivity contribution in [2.75, 3.05) is 19.8 Å². The summed E-state index contributed by atoms with van der Waals surface area (Å²) in [5.74, 6) is -0.243. The molecule has 0 aromatic heterocycles. The number of hydrogen-bond donors (Lipinski definition) is 6. The van der Waals surface area contributed by atoms with Gasteiger partial charge in [0.15, 0.2) is 6.29 Å². The Morgan fingerprint density at radius 2 is 0.955 bits per heavy atom. The van der Waals surface area contributed by atoms with E-state index in [1.807, 2.05) is 6.08 Å². The van der Waals surface area contributed by atoms with Crippen LogP contribution in [-0.2, 0) is 23.8 Å². The van der Waals surface area contributed by atoms with Crippen LogP contribution < -0.4 is 5.32 Å². The monoisotopic (exact) mass is 952 g/mol. The topological polar surface area (TPSA) is 175 Å². The van der Waals surface area contributed by atoms with E-state index in [1.54, 1.807) is 6.08 Å². The molecule has 0 aliphatic carbocycles. The number of rotatable bonds is 48. The summed E-state index contributed by atoms with van der Waals surface area (Å²) in [7, 11) is 0. The van der Waals surface area contributed by atoms with Gasteiger partial charge in [0, 0.05) is 12.8 Å². The van der Waals surface area contributed by atoms with Crippen molar-refractivity contribution < 1.29 is 49.3 Å². The van der Waals surface area contributed by atoms with Crippen LogP contribution in [0.3, 0.4) is 0 Å². The van der Waals surface area contributed by atoms with Crippen molar-refractivity contribution in [3.05, 3.63) is 24.3 Å². The second kappa shape index (κ2) is 46.5. The maximum Gasteiger partial charge on any atom is 0.305 e. The van der Waals surface area contributed by atoms with E-state index in [0.29, 0.717) is 19.4 Å². The van der Waals surface area contributed by atoms with Crippen molar-refractivity contribution in [3.63, 3.8) is 0 Å². The zero-order valence-electron chi connectivity index (χ0n) is 43.1. The van der Waals surface area contributed by atoms with Crippen molar-refractivity contribution >= 4 is 11.9 Å². The van der Waals surface area contributed by atoms with Gasteiger partial charge in [0.25, 0.3) is 0 Å².